The van der Waals surface area contributed by atoms with E-state index in [4.69, 9.17) is 0 Å². The smallest absolute Gasteiger partial charge is 0.253 e. The Hall–Kier alpha value is -2.69. The van der Waals surface area contributed by atoms with Crippen LogP contribution in [0, 0.1) is 5.82 Å². The Balaban J connectivity index is 2.09. The largest absolute Gasteiger partial charge is 0.337 e. The molecule has 5 heteroatoms. The number of hydrogen-bond acceptors (Lipinski definition) is 2. The molecule has 114 valence electrons. The van der Waals surface area contributed by atoms with E-state index in [1.807, 2.05) is 0 Å². The lowest BCUT2D eigenvalue weighted by Gasteiger charge is -2.18. The van der Waals surface area contributed by atoms with E-state index in [-0.39, 0.29) is 17.6 Å². The first kappa shape index (κ1) is 15.7. The molecular formula is C17H17FN2O2. The maximum absolute atomic E-state index is 12.9. The number of carbonyl (C=O) groups is 2. The van der Waals surface area contributed by atoms with Gasteiger partial charge in [0.2, 0.25) is 5.91 Å². The fourth-order valence-corrected chi connectivity index (χ4v) is 2.09. The number of carbonyl (C=O) groups excluding carboxylic acids is 2. The lowest BCUT2D eigenvalue weighted by atomic mass is 10.1. The van der Waals surface area contributed by atoms with Crippen LogP contribution in [0.15, 0.2) is 48.5 Å². The second-order valence-corrected chi connectivity index (χ2v) is 5.05. The van der Waals surface area contributed by atoms with E-state index < -0.39 is 0 Å². The molecule has 0 aliphatic carbocycles. The molecule has 0 saturated carbocycles. The summed E-state index contributed by atoms with van der Waals surface area (Å²) in [5, 5.41) is 2.64. The fraction of sp³-hybridized carbons (Fsp3) is 0.176. The molecule has 1 N–H and O–H groups in total. The van der Waals surface area contributed by atoms with Crippen molar-refractivity contribution < 1.29 is 14.0 Å². The van der Waals surface area contributed by atoms with Gasteiger partial charge in [0.25, 0.3) is 5.91 Å². The zero-order chi connectivity index (χ0) is 16.1. The van der Waals surface area contributed by atoms with Crippen molar-refractivity contribution in [1.82, 2.24) is 4.90 Å². The van der Waals surface area contributed by atoms with Gasteiger partial charge >= 0.3 is 0 Å². The van der Waals surface area contributed by atoms with Crippen molar-refractivity contribution in [1.29, 1.82) is 0 Å². The van der Waals surface area contributed by atoms with Crippen molar-refractivity contribution in [3.05, 3.63) is 65.5 Å². The first-order valence-corrected chi connectivity index (χ1v) is 6.83. The molecule has 0 aliphatic rings. The Kier molecular flexibility index (Phi) is 4.88. The van der Waals surface area contributed by atoms with Crippen LogP contribution in [-0.4, -0.2) is 23.8 Å². The van der Waals surface area contributed by atoms with Gasteiger partial charge in [-0.1, -0.05) is 18.2 Å². The van der Waals surface area contributed by atoms with Crippen LogP contribution in [0.5, 0.6) is 0 Å². The molecule has 0 unspecified atom stereocenters. The number of halogens is 1. The fourth-order valence-electron chi connectivity index (χ4n) is 2.09. The average molecular weight is 300 g/mol. The molecule has 2 amide bonds. The molecule has 0 fully saturated rings. The van der Waals surface area contributed by atoms with Gasteiger partial charge in [-0.3, -0.25) is 9.59 Å². The van der Waals surface area contributed by atoms with Crippen LogP contribution in [0.1, 0.15) is 22.8 Å². The lowest BCUT2D eigenvalue weighted by molar-refractivity contribution is -0.114. The van der Waals surface area contributed by atoms with E-state index in [9.17, 15) is 14.0 Å². The molecule has 0 radical (unpaired) electrons. The Labute approximate surface area is 128 Å². The molecule has 0 saturated heterocycles. The summed E-state index contributed by atoms with van der Waals surface area (Å²) in [5.41, 5.74) is 1.90. The van der Waals surface area contributed by atoms with Gasteiger partial charge in [-0.25, -0.2) is 4.39 Å². The molecule has 0 aromatic heterocycles. The minimum absolute atomic E-state index is 0.170. The first-order valence-electron chi connectivity index (χ1n) is 6.83. The highest BCUT2D eigenvalue weighted by Crippen LogP contribution is 2.14. The number of amides is 2. The molecule has 0 spiro atoms. The highest BCUT2D eigenvalue weighted by Gasteiger charge is 2.12. The van der Waals surface area contributed by atoms with E-state index in [0.29, 0.717) is 17.8 Å². The molecule has 2 aromatic rings. The molecule has 0 aliphatic heterocycles. The quantitative estimate of drug-likeness (QED) is 0.943. The minimum atomic E-state index is -0.305. The molecule has 2 rings (SSSR count). The normalized spacial score (nSPS) is 10.1. The topological polar surface area (TPSA) is 49.4 Å². The summed E-state index contributed by atoms with van der Waals surface area (Å²) in [5.74, 6) is -0.665. The second kappa shape index (κ2) is 6.85. The lowest BCUT2D eigenvalue weighted by Crippen LogP contribution is -2.26. The summed E-state index contributed by atoms with van der Waals surface area (Å²) in [6, 6.07) is 12.8. The van der Waals surface area contributed by atoms with Gasteiger partial charge in [-0.05, 0) is 35.9 Å². The maximum Gasteiger partial charge on any atom is 0.253 e. The van der Waals surface area contributed by atoms with Crippen LogP contribution in [0.4, 0.5) is 10.1 Å². The highest BCUT2D eigenvalue weighted by molar-refractivity contribution is 5.96. The Bertz CT molecular complexity index is 683. The summed E-state index contributed by atoms with van der Waals surface area (Å²) in [4.78, 5) is 25.0. The van der Waals surface area contributed by atoms with Crippen LogP contribution in [0.25, 0.3) is 0 Å². The first-order chi connectivity index (χ1) is 10.5. The number of nitrogens with one attached hydrogen (secondary N) is 1. The van der Waals surface area contributed by atoms with Crippen LogP contribution in [0.2, 0.25) is 0 Å². The van der Waals surface area contributed by atoms with Gasteiger partial charge in [-0.2, -0.15) is 0 Å². The number of benzene rings is 2. The van der Waals surface area contributed by atoms with E-state index >= 15 is 0 Å². The van der Waals surface area contributed by atoms with Gasteiger partial charge in [0.1, 0.15) is 5.82 Å². The van der Waals surface area contributed by atoms with E-state index in [2.05, 4.69) is 5.32 Å². The van der Waals surface area contributed by atoms with Crippen molar-refractivity contribution in [2.75, 3.05) is 12.4 Å². The maximum atomic E-state index is 12.9. The highest BCUT2D eigenvalue weighted by atomic mass is 19.1. The SMILES string of the molecule is CC(=O)Nc1cccc(C(=O)N(C)Cc2ccc(F)cc2)c1. The van der Waals surface area contributed by atoms with Crippen LogP contribution < -0.4 is 5.32 Å². The van der Waals surface area contributed by atoms with E-state index in [1.165, 1.54) is 19.1 Å². The number of hydrogen-bond donors (Lipinski definition) is 1. The Morgan fingerprint density at radius 2 is 1.82 bits per heavy atom. The summed E-state index contributed by atoms with van der Waals surface area (Å²) in [6.07, 6.45) is 0. The molecule has 0 heterocycles. The average Bonchev–Trinajstić information content (AvgIpc) is 2.48. The third-order valence-electron chi connectivity index (χ3n) is 3.11. The third kappa shape index (κ3) is 4.15. The Morgan fingerprint density at radius 1 is 1.14 bits per heavy atom. The molecule has 2 aromatic carbocycles. The van der Waals surface area contributed by atoms with Gasteiger partial charge in [-0.15, -0.1) is 0 Å². The second-order valence-electron chi connectivity index (χ2n) is 5.05. The zero-order valence-corrected chi connectivity index (χ0v) is 12.5. The zero-order valence-electron chi connectivity index (χ0n) is 12.5. The summed E-state index contributed by atoms with van der Waals surface area (Å²) >= 11 is 0. The standard InChI is InChI=1S/C17H17FN2O2/c1-12(21)19-16-5-3-4-14(10-16)17(22)20(2)11-13-6-8-15(18)9-7-13/h3-10H,11H2,1-2H3,(H,19,21). The van der Waals surface area contributed by atoms with Crippen molar-refractivity contribution in [3.63, 3.8) is 0 Å². The predicted octanol–water partition coefficient (Wildman–Crippen LogP) is 3.06. The van der Waals surface area contributed by atoms with Crippen LogP contribution in [0.3, 0.4) is 0 Å². The van der Waals surface area contributed by atoms with Crippen molar-refractivity contribution in [3.8, 4) is 0 Å². The molecular weight excluding hydrogens is 283 g/mol. The van der Waals surface area contributed by atoms with E-state index in [0.717, 1.165) is 5.56 Å². The summed E-state index contributed by atoms with van der Waals surface area (Å²) < 4.78 is 12.9. The number of rotatable bonds is 4. The van der Waals surface area contributed by atoms with Gasteiger partial charge in [0.15, 0.2) is 0 Å². The van der Waals surface area contributed by atoms with Gasteiger partial charge in [0, 0.05) is 31.8 Å². The number of anilines is 1. The molecule has 22 heavy (non-hydrogen) atoms. The minimum Gasteiger partial charge on any atom is -0.337 e. The van der Waals surface area contributed by atoms with Crippen molar-refractivity contribution in [2.45, 2.75) is 13.5 Å². The van der Waals surface area contributed by atoms with Gasteiger partial charge < -0.3 is 10.2 Å². The van der Waals surface area contributed by atoms with Crippen molar-refractivity contribution >= 4 is 17.5 Å². The summed E-state index contributed by atoms with van der Waals surface area (Å²) in [6.45, 7) is 1.79. The van der Waals surface area contributed by atoms with Crippen LogP contribution >= 0.6 is 0 Å². The van der Waals surface area contributed by atoms with Crippen LogP contribution in [-0.2, 0) is 11.3 Å². The van der Waals surface area contributed by atoms with Gasteiger partial charge in [0.05, 0.1) is 0 Å². The third-order valence-corrected chi connectivity index (χ3v) is 3.11. The monoisotopic (exact) mass is 300 g/mol. The van der Waals surface area contributed by atoms with E-state index in [1.54, 1.807) is 48.3 Å². The number of nitrogens with zero attached hydrogens (tertiary/aromatic N) is 1. The Morgan fingerprint density at radius 3 is 2.45 bits per heavy atom. The van der Waals surface area contributed by atoms with Crippen molar-refractivity contribution in [2.24, 2.45) is 0 Å². The predicted molar refractivity (Wildman–Crippen MR) is 82.9 cm³/mol. The molecule has 0 atom stereocenters. The molecule has 4 nitrogen and oxygen atoms in total. The summed E-state index contributed by atoms with van der Waals surface area (Å²) in [7, 11) is 1.68. The molecule has 0 bridgehead atoms.